The number of nitro benzene ring substituents is 1. The highest BCUT2D eigenvalue weighted by Crippen LogP contribution is 2.18. The van der Waals surface area contributed by atoms with Crippen LogP contribution in [0.2, 0.25) is 0 Å². The van der Waals surface area contributed by atoms with Gasteiger partial charge in [-0.25, -0.2) is 9.59 Å². The summed E-state index contributed by atoms with van der Waals surface area (Å²) in [5.41, 5.74) is 0.746. The van der Waals surface area contributed by atoms with Crippen LogP contribution in [0.3, 0.4) is 0 Å². The first-order valence-corrected chi connectivity index (χ1v) is 6.45. The smallest absolute Gasteiger partial charge is 0.335 e. The molecule has 0 atom stereocenters. The Hall–Kier alpha value is -3.42. The summed E-state index contributed by atoms with van der Waals surface area (Å²) < 4.78 is 0. The van der Waals surface area contributed by atoms with Crippen molar-refractivity contribution in [3.05, 3.63) is 69.3 Å². The third kappa shape index (κ3) is 4.03. The van der Waals surface area contributed by atoms with E-state index in [2.05, 4.69) is 5.32 Å². The third-order valence-electron chi connectivity index (χ3n) is 3.07. The van der Waals surface area contributed by atoms with E-state index >= 15 is 0 Å². The maximum absolute atomic E-state index is 11.0. The van der Waals surface area contributed by atoms with Crippen LogP contribution in [-0.4, -0.2) is 27.1 Å². The van der Waals surface area contributed by atoms with Crippen LogP contribution in [0.15, 0.2) is 42.5 Å². The first kappa shape index (κ1) is 16.0. The highest BCUT2D eigenvalue weighted by atomic mass is 16.6. The molecule has 118 valence electrons. The predicted molar refractivity (Wildman–Crippen MR) is 80.8 cm³/mol. The molecule has 0 spiro atoms. The number of carbonyl (C=O) groups is 2. The standard InChI is InChI=1S/C15H12N2O6/c18-14(19)10-5-11(15(20)21)7-12(6-10)16-8-9-1-3-13(4-2-9)17(22)23/h1-7,16H,8H2,(H,18,19)(H,20,21). The van der Waals surface area contributed by atoms with Gasteiger partial charge in [-0.2, -0.15) is 0 Å². The molecule has 0 aromatic heterocycles. The number of hydrogen-bond acceptors (Lipinski definition) is 5. The lowest BCUT2D eigenvalue weighted by Gasteiger charge is -2.09. The molecule has 0 aliphatic carbocycles. The number of nitro groups is 1. The van der Waals surface area contributed by atoms with Gasteiger partial charge >= 0.3 is 11.9 Å². The van der Waals surface area contributed by atoms with Gasteiger partial charge in [-0.3, -0.25) is 10.1 Å². The van der Waals surface area contributed by atoms with Crippen molar-refractivity contribution in [1.29, 1.82) is 0 Å². The van der Waals surface area contributed by atoms with E-state index in [0.29, 0.717) is 5.69 Å². The minimum atomic E-state index is -1.23. The fraction of sp³-hybridized carbons (Fsp3) is 0.0667. The average molecular weight is 316 g/mol. The maximum atomic E-state index is 11.0. The largest absolute Gasteiger partial charge is 0.478 e. The summed E-state index contributed by atoms with van der Waals surface area (Å²) in [5.74, 6) is -2.46. The van der Waals surface area contributed by atoms with Gasteiger partial charge in [0, 0.05) is 24.4 Å². The van der Waals surface area contributed by atoms with E-state index in [4.69, 9.17) is 10.2 Å². The van der Waals surface area contributed by atoms with Crippen molar-refractivity contribution in [2.45, 2.75) is 6.54 Å². The zero-order chi connectivity index (χ0) is 17.0. The number of rotatable bonds is 6. The molecule has 0 fully saturated rings. The van der Waals surface area contributed by atoms with Crippen LogP contribution >= 0.6 is 0 Å². The number of carboxylic acids is 2. The lowest BCUT2D eigenvalue weighted by Crippen LogP contribution is -2.06. The lowest BCUT2D eigenvalue weighted by molar-refractivity contribution is -0.384. The molecule has 0 saturated heterocycles. The van der Waals surface area contributed by atoms with Gasteiger partial charge in [0.25, 0.3) is 5.69 Å². The van der Waals surface area contributed by atoms with Gasteiger partial charge in [-0.05, 0) is 23.8 Å². The zero-order valence-corrected chi connectivity index (χ0v) is 11.7. The normalized spacial score (nSPS) is 10.1. The van der Waals surface area contributed by atoms with Crippen molar-refractivity contribution in [1.82, 2.24) is 0 Å². The summed E-state index contributed by atoms with van der Waals surface area (Å²) in [6.45, 7) is 0.264. The molecule has 3 N–H and O–H groups in total. The predicted octanol–water partition coefficient (Wildman–Crippen LogP) is 2.60. The number of aromatic carboxylic acids is 2. The Morgan fingerprint density at radius 3 is 1.96 bits per heavy atom. The molecule has 8 heteroatoms. The van der Waals surface area contributed by atoms with E-state index in [1.54, 1.807) is 12.1 Å². The second-order valence-electron chi connectivity index (χ2n) is 4.69. The second-order valence-corrected chi connectivity index (χ2v) is 4.69. The van der Waals surface area contributed by atoms with E-state index in [-0.39, 0.29) is 23.4 Å². The van der Waals surface area contributed by atoms with Crippen molar-refractivity contribution < 1.29 is 24.7 Å². The van der Waals surface area contributed by atoms with Crippen molar-refractivity contribution in [3.63, 3.8) is 0 Å². The Morgan fingerprint density at radius 2 is 1.52 bits per heavy atom. The zero-order valence-electron chi connectivity index (χ0n) is 11.7. The Balaban J connectivity index is 2.17. The van der Waals surface area contributed by atoms with Crippen LogP contribution in [0, 0.1) is 10.1 Å². The van der Waals surface area contributed by atoms with Gasteiger partial charge in [-0.15, -0.1) is 0 Å². The van der Waals surface area contributed by atoms with E-state index in [1.807, 2.05) is 0 Å². The van der Waals surface area contributed by atoms with E-state index in [9.17, 15) is 19.7 Å². The number of nitrogens with zero attached hydrogens (tertiary/aromatic N) is 1. The van der Waals surface area contributed by atoms with Crippen molar-refractivity contribution in [3.8, 4) is 0 Å². The molecule has 0 bridgehead atoms. The fourth-order valence-corrected chi connectivity index (χ4v) is 1.92. The third-order valence-corrected chi connectivity index (χ3v) is 3.07. The molecular weight excluding hydrogens is 304 g/mol. The monoisotopic (exact) mass is 316 g/mol. The Morgan fingerprint density at radius 1 is 1.00 bits per heavy atom. The number of hydrogen-bond donors (Lipinski definition) is 3. The van der Waals surface area contributed by atoms with Crippen LogP contribution < -0.4 is 5.32 Å². The Kier molecular flexibility index (Phi) is 4.55. The molecule has 2 aromatic carbocycles. The van der Waals surface area contributed by atoms with Gasteiger partial charge in [0.1, 0.15) is 0 Å². The maximum Gasteiger partial charge on any atom is 0.335 e. The molecule has 0 aliphatic rings. The van der Waals surface area contributed by atoms with E-state index in [1.165, 1.54) is 24.3 Å². The van der Waals surface area contributed by atoms with Crippen molar-refractivity contribution in [2.24, 2.45) is 0 Å². The summed E-state index contributed by atoms with van der Waals surface area (Å²) in [6, 6.07) is 9.54. The first-order chi connectivity index (χ1) is 10.9. The van der Waals surface area contributed by atoms with Gasteiger partial charge in [-0.1, -0.05) is 12.1 Å². The molecule has 8 nitrogen and oxygen atoms in total. The lowest BCUT2D eigenvalue weighted by atomic mass is 10.1. The number of carboxylic acid groups (broad SMARTS) is 2. The van der Waals surface area contributed by atoms with Crippen LogP contribution in [0.5, 0.6) is 0 Å². The molecular formula is C15H12N2O6. The molecule has 2 rings (SSSR count). The molecule has 2 aromatic rings. The molecule has 0 saturated carbocycles. The van der Waals surface area contributed by atoms with Crippen LogP contribution in [-0.2, 0) is 6.54 Å². The number of non-ortho nitro benzene ring substituents is 1. The summed E-state index contributed by atoms with van der Waals surface area (Å²) in [4.78, 5) is 32.1. The molecule has 0 amide bonds. The Labute approximate surface area is 130 Å². The molecule has 0 heterocycles. The summed E-state index contributed by atoms with van der Waals surface area (Å²) in [6.07, 6.45) is 0. The summed E-state index contributed by atoms with van der Waals surface area (Å²) in [5, 5.41) is 31.5. The van der Waals surface area contributed by atoms with Gasteiger partial charge in [0.05, 0.1) is 16.1 Å². The molecule has 23 heavy (non-hydrogen) atoms. The highest BCUT2D eigenvalue weighted by Gasteiger charge is 2.11. The van der Waals surface area contributed by atoms with Crippen molar-refractivity contribution >= 4 is 23.3 Å². The number of nitrogens with one attached hydrogen (secondary N) is 1. The minimum Gasteiger partial charge on any atom is -0.478 e. The molecule has 0 radical (unpaired) electrons. The summed E-state index contributed by atoms with van der Waals surface area (Å²) >= 11 is 0. The van der Waals surface area contributed by atoms with Crippen molar-refractivity contribution in [2.75, 3.05) is 5.32 Å². The summed E-state index contributed by atoms with van der Waals surface area (Å²) in [7, 11) is 0. The van der Waals surface area contributed by atoms with Gasteiger partial charge in [0.15, 0.2) is 0 Å². The Bertz CT molecular complexity index is 738. The molecule has 0 aliphatic heterocycles. The topological polar surface area (TPSA) is 130 Å². The number of benzene rings is 2. The average Bonchev–Trinajstić information content (AvgIpc) is 2.52. The van der Waals surface area contributed by atoms with E-state index < -0.39 is 16.9 Å². The van der Waals surface area contributed by atoms with Gasteiger partial charge in [0.2, 0.25) is 0 Å². The van der Waals surface area contributed by atoms with Gasteiger partial charge < -0.3 is 15.5 Å². The fourth-order valence-electron chi connectivity index (χ4n) is 1.92. The molecule has 0 unspecified atom stereocenters. The van der Waals surface area contributed by atoms with Crippen LogP contribution in [0.4, 0.5) is 11.4 Å². The highest BCUT2D eigenvalue weighted by molar-refractivity contribution is 5.95. The van der Waals surface area contributed by atoms with Crippen LogP contribution in [0.1, 0.15) is 26.3 Å². The quantitative estimate of drug-likeness (QED) is 0.551. The van der Waals surface area contributed by atoms with E-state index in [0.717, 1.165) is 11.6 Å². The van der Waals surface area contributed by atoms with Crippen LogP contribution in [0.25, 0.3) is 0 Å². The number of anilines is 1. The second kappa shape index (κ2) is 6.56. The first-order valence-electron chi connectivity index (χ1n) is 6.45. The minimum absolute atomic E-state index is 0.0326. The SMILES string of the molecule is O=C(O)c1cc(NCc2ccc([N+](=O)[O-])cc2)cc(C(=O)O)c1.